The molecule has 1 saturated heterocycles. The zero-order valence-electron chi connectivity index (χ0n) is 19.0. The topological polar surface area (TPSA) is 83.3 Å². The van der Waals surface area contributed by atoms with Gasteiger partial charge < -0.3 is 24.4 Å². The number of methoxy groups -OCH3 is 1. The van der Waals surface area contributed by atoms with Gasteiger partial charge >= 0.3 is 0 Å². The maximum atomic E-state index is 13.3. The molecule has 0 bridgehead atoms. The molecule has 0 aliphatic carbocycles. The van der Waals surface area contributed by atoms with Gasteiger partial charge in [0.1, 0.15) is 0 Å². The monoisotopic (exact) mass is 438 g/mol. The van der Waals surface area contributed by atoms with Crippen molar-refractivity contribution in [1.82, 2.24) is 4.90 Å². The van der Waals surface area contributed by atoms with Crippen LogP contribution in [0.15, 0.2) is 54.1 Å². The minimum atomic E-state index is -0.774. The molecule has 3 rings (SSSR count). The van der Waals surface area contributed by atoms with Gasteiger partial charge in [-0.2, -0.15) is 0 Å². The molecule has 1 amide bonds. The Morgan fingerprint density at radius 2 is 1.81 bits per heavy atom. The van der Waals surface area contributed by atoms with Crippen LogP contribution in [0.1, 0.15) is 30.5 Å². The van der Waals surface area contributed by atoms with E-state index in [0.717, 1.165) is 6.54 Å². The molecule has 7 nitrogen and oxygen atoms in total. The Morgan fingerprint density at radius 1 is 1.09 bits per heavy atom. The zero-order valence-corrected chi connectivity index (χ0v) is 19.0. The number of carbonyl (C=O) groups excluding carboxylic acids is 2. The predicted molar refractivity (Wildman–Crippen MR) is 119 cm³/mol. The van der Waals surface area contributed by atoms with Crippen molar-refractivity contribution < 1.29 is 29.1 Å². The molecule has 0 saturated carbocycles. The van der Waals surface area contributed by atoms with Crippen LogP contribution in [0.5, 0.6) is 11.5 Å². The minimum absolute atomic E-state index is 0.0235. The fourth-order valence-corrected chi connectivity index (χ4v) is 3.92. The molecule has 1 heterocycles. The van der Waals surface area contributed by atoms with E-state index in [0.29, 0.717) is 42.2 Å². The lowest BCUT2D eigenvalue weighted by molar-refractivity contribution is -0.858. The van der Waals surface area contributed by atoms with Gasteiger partial charge in [0.05, 0.1) is 40.4 Å². The molecular formula is C25H30N2O5. The van der Waals surface area contributed by atoms with Crippen molar-refractivity contribution in [3.8, 4) is 11.5 Å². The van der Waals surface area contributed by atoms with Crippen LogP contribution in [-0.2, 0) is 9.59 Å². The van der Waals surface area contributed by atoms with E-state index in [-0.39, 0.29) is 5.57 Å². The van der Waals surface area contributed by atoms with E-state index in [2.05, 4.69) is 0 Å². The quantitative estimate of drug-likeness (QED) is 0.357. The number of rotatable bonds is 9. The summed E-state index contributed by atoms with van der Waals surface area (Å²) in [4.78, 5) is 28.8. The van der Waals surface area contributed by atoms with Crippen molar-refractivity contribution >= 4 is 17.4 Å². The van der Waals surface area contributed by atoms with Gasteiger partial charge in [-0.1, -0.05) is 42.2 Å². The number of Topliss-reactive ketones (excluding diaryl/α,β-unsaturated/α-hetero) is 1. The number of nitrogens with zero attached hydrogens (tertiary/aromatic N) is 1. The van der Waals surface area contributed by atoms with Crippen molar-refractivity contribution in [3.63, 3.8) is 0 Å². The number of hydrogen-bond acceptors (Lipinski definition) is 5. The molecule has 1 unspecified atom stereocenters. The summed E-state index contributed by atoms with van der Waals surface area (Å²) in [6.45, 7) is 3.56. The van der Waals surface area contributed by atoms with Crippen LogP contribution in [0.25, 0.3) is 5.76 Å². The summed E-state index contributed by atoms with van der Waals surface area (Å²) in [6.07, 6.45) is 0.707. The number of quaternary nitrogens is 1. The standard InChI is InChI=1S/C25H30N2O5/c1-5-32-19-13-12-18(16-20(19)31-4)22-21(23(28)17-10-7-6-8-11-17)24(29)25(30)27(22)15-9-14-26(2)3/h6-8,10-13,16,22,28H,5,9,14-15H2,1-4H3/b23-21+. The van der Waals surface area contributed by atoms with Crippen LogP contribution < -0.4 is 19.5 Å². The number of amides is 1. The average molecular weight is 439 g/mol. The second-order valence-electron chi connectivity index (χ2n) is 7.99. The first kappa shape index (κ1) is 23.3. The maximum absolute atomic E-state index is 13.3. The largest absolute Gasteiger partial charge is 0.872 e. The number of ketones is 1. The van der Waals surface area contributed by atoms with E-state index >= 15 is 0 Å². The lowest BCUT2D eigenvalue weighted by atomic mass is 9.95. The highest BCUT2D eigenvalue weighted by molar-refractivity contribution is 6.46. The first-order chi connectivity index (χ1) is 15.4. The van der Waals surface area contributed by atoms with Crippen LogP contribution in [-0.4, -0.2) is 57.5 Å². The lowest BCUT2D eigenvalue weighted by Crippen LogP contribution is -3.05. The number of ether oxygens (including phenoxy) is 2. The first-order valence-corrected chi connectivity index (χ1v) is 10.8. The molecule has 1 aliphatic heterocycles. The van der Waals surface area contributed by atoms with Crippen molar-refractivity contribution in [1.29, 1.82) is 0 Å². The molecule has 2 aromatic rings. The third-order valence-corrected chi connectivity index (χ3v) is 5.44. The summed E-state index contributed by atoms with van der Waals surface area (Å²) in [7, 11) is 5.59. The highest BCUT2D eigenvalue weighted by Gasteiger charge is 2.44. The number of likely N-dealkylation sites (tertiary alicyclic amines) is 1. The molecule has 0 spiro atoms. The molecule has 0 aromatic heterocycles. The normalized spacial score (nSPS) is 17.8. The zero-order chi connectivity index (χ0) is 23.3. The number of nitrogens with one attached hydrogen (secondary N) is 1. The lowest BCUT2D eigenvalue weighted by Gasteiger charge is -2.28. The highest BCUT2D eigenvalue weighted by Crippen LogP contribution is 2.41. The van der Waals surface area contributed by atoms with E-state index in [1.807, 2.05) is 21.0 Å². The van der Waals surface area contributed by atoms with Gasteiger partial charge in [-0.25, -0.2) is 0 Å². The molecule has 7 heteroatoms. The molecular weight excluding hydrogens is 408 g/mol. The number of hydrogen-bond donors (Lipinski definition) is 1. The second-order valence-corrected chi connectivity index (χ2v) is 7.99. The molecule has 0 radical (unpaired) electrons. The van der Waals surface area contributed by atoms with Gasteiger partial charge in [0.25, 0.3) is 5.91 Å². The van der Waals surface area contributed by atoms with E-state index in [1.165, 1.54) is 16.9 Å². The molecule has 170 valence electrons. The van der Waals surface area contributed by atoms with E-state index in [9.17, 15) is 14.7 Å². The smallest absolute Gasteiger partial charge is 0.295 e. The second kappa shape index (κ2) is 10.3. The van der Waals surface area contributed by atoms with Crippen LogP contribution in [0.2, 0.25) is 0 Å². The molecule has 1 atom stereocenters. The SMILES string of the molecule is CCOc1ccc(C2/C(=C(\[O-])c3ccccc3)C(=O)C(=O)N2CCC[NH+](C)C)cc1OC. The average Bonchev–Trinajstić information content (AvgIpc) is 3.04. The Bertz CT molecular complexity index is 1000. The van der Waals surface area contributed by atoms with Crippen molar-refractivity contribution in [3.05, 3.63) is 65.2 Å². The summed E-state index contributed by atoms with van der Waals surface area (Å²) in [6, 6.07) is 13.1. The predicted octanol–water partition coefficient (Wildman–Crippen LogP) is 0.853. The third kappa shape index (κ3) is 4.78. The van der Waals surface area contributed by atoms with Gasteiger partial charge in [0.15, 0.2) is 11.5 Å². The molecule has 1 N–H and O–H groups in total. The van der Waals surface area contributed by atoms with Crippen molar-refractivity contribution in [2.45, 2.75) is 19.4 Å². The Labute approximate surface area is 188 Å². The summed E-state index contributed by atoms with van der Waals surface area (Å²) < 4.78 is 11.1. The first-order valence-electron chi connectivity index (χ1n) is 10.8. The van der Waals surface area contributed by atoms with E-state index in [1.54, 1.807) is 48.5 Å². The minimum Gasteiger partial charge on any atom is -0.872 e. The summed E-state index contributed by atoms with van der Waals surface area (Å²) in [5.41, 5.74) is 0.997. The Kier molecular flexibility index (Phi) is 7.53. The van der Waals surface area contributed by atoms with Crippen molar-refractivity contribution in [2.75, 3.05) is 40.9 Å². The third-order valence-electron chi connectivity index (χ3n) is 5.44. The van der Waals surface area contributed by atoms with Gasteiger partial charge in [-0.15, -0.1) is 0 Å². The summed E-state index contributed by atoms with van der Waals surface area (Å²) >= 11 is 0. The van der Waals surface area contributed by atoms with Gasteiger partial charge in [0, 0.05) is 18.5 Å². The van der Waals surface area contributed by atoms with Gasteiger partial charge in [-0.05, 0) is 30.2 Å². The summed E-state index contributed by atoms with van der Waals surface area (Å²) in [5.74, 6) is -0.763. The van der Waals surface area contributed by atoms with Gasteiger partial charge in [-0.3, -0.25) is 9.59 Å². The molecule has 1 fully saturated rings. The number of carbonyl (C=O) groups is 2. The van der Waals surface area contributed by atoms with Crippen molar-refractivity contribution in [2.24, 2.45) is 0 Å². The Balaban J connectivity index is 2.12. The van der Waals surface area contributed by atoms with Crippen LogP contribution in [0.4, 0.5) is 0 Å². The molecule has 2 aromatic carbocycles. The van der Waals surface area contributed by atoms with Crippen LogP contribution >= 0.6 is 0 Å². The maximum Gasteiger partial charge on any atom is 0.295 e. The molecule has 1 aliphatic rings. The number of benzene rings is 2. The van der Waals surface area contributed by atoms with E-state index in [4.69, 9.17) is 9.47 Å². The van der Waals surface area contributed by atoms with Crippen LogP contribution in [0.3, 0.4) is 0 Å². The summed E-state index contributed by atoms with van der Waals surface area (Å²) in [5, 5.41) is 13.3. The molecule has 32 heavy (non-hydrogen) atoms. The van der Waals surface area contributed by atoms with Gasteiger partial charge in [0.2, 0.25) is 5.78 Å². The fourth-order valence-electron chi connectivity index (χ4n) is 3.92. The van der Waals surface area contributed by atoms with Crippen LogP contribution in [0, 0.1) is 0 Å². The highest BCUT2D eigenvalue weighted by atomic mass is 16.5. The van der Waals surface area contributed by atoms with E-state index < -0.39 is 23.5 Å². The Morgan fingerprint density at radius 3 is 2.44 bits per heavy atom. The Hall–Kier alpha value is -3.32. The fraction of sp³-hybridized carbons (Fsp3) is 0.360.